The van der Waals surface area contributed by atoms with Gasteiger partial charge in [0.05, 0.1) is 5.54 Å². The van der Waals surface area contributed by atoms with Crippen molar-refractivity contribution >= 4 is 74.7 Å². The average molecular weight is 714 g/mol. The van der Waals surface area contributed by atoms with Crippen molar-refractivity contribution in [2.24, 2.45) is 0 Å². The summed E-state index contributed by atoms with van der Waals surface area (Å²) < 4.78 is 6.69. The van der Waals surface area contributed by atoms with Crippen molar-refractivity contribution in [1.82, 2.24) is 0 Å². The smallest absolute Gasteiger partial charge is 0.252 e. The molecule has 6 aliphatic rings. The van der Waals surface area contributed by atoms with E-state index in [9.17, 15) is 0 Å². The highest BCUT2D eigenvalue weighted by Gasteiger charge is 2.62. The summed E-state index contributed by atoms with van der Waals surface area (Å²) in [5, 5.41) is 0. The SMILES string of the molecule is Cc1cc2c3c4c1C1(C)CCCCC1(C)N4c1c(ccc4c1C=CC4(C)C)B3c1ccc3cc1N2c1cccc(c1)Oc1cccc(c1)N3c1ccccc1. The number of rotatable bonds is 1. The van der Waals surface area contributed by atoms with Crippen LogP contribution < -0.4 is 35.8 Å². The molecule has 4 nitrogen and oxygen atoms in total. The van der Waals surface area contributed by atoms with Crippen LogP contribution in [0.25, 0.3) is 6.08 Å². The van der Waals surface area contributed by atoms with Crippen molar-refractivity contribution in [1.29, 1.82) is 0 Å². The summed E-state index contributed by atoms with van der Waals surface area (Å²) in [6.07, 6.45) is 9.82. The predicted molar refractivity (Wildman–Crippen MR) is 230 cm³/mol. The summed E-state index contributed by atoms with van der Waals surface area (Å²) in [5.41, 5.74) is 19.9. The molecule has 55 heavy (non-hydrogen) atoms. The molecule has 1 fully saturated rings. The molecule has 0 saturated heterocycles. The number of allylic oxidation sites excluding steroid dienone is 1. The lowest BCUT2D eigenvalue weighted by Gasteiger charge is -2.53. The van der Waals surface area contributed by atoms with Crippen molar-refractivity contribution < 1.29 is 4.74 Å². The lowest BCUT2D eigenvalue weighted by Crippen LogP contribution is -2.64. The number of para-hydroxylation sites is 1. The fourth-order valence-corrected chi connectivity index (χ4v) is 11.8. The van der Waals surface area contributed by atoms with Crippen molar-refractivity contribution in [3.8, 4) is 11.5 Å². The molecule has 0 N–H and O–H groups in total. The highest BCUT2D eigenvalue weighted by atomic mass is 16.5. The summed E-state index contributed by atoms with van der Waals surface area (Å²) in [6.45, 7) is 12.4. The fraction of sp³-hybridized carbons (Fsp3) is 0.240. The summed E-state index contributed by atoms with van der Waals surface area (Å²) in [7, 11) is 0. The van der Waals surface area contributed by atoms with Crippen LogP contribution in [0.15, 0.2) is 121 Å². The van der Waals surface area contributed by atoms with E-state index in [0.717, 1.165) is 34.2 Å². The summed E-state index contributed by atoms with van der Waals surface area (Å²) >= 11 is 0. The molecule has 268 valence electrons. The van der Waals surface area contributed by atoms with Gasteiger partial charge in [-0.2, -0.15) is 0 Å². The molecule has 6 bridgehead atoms. The molecule has 4 heterocycles. The Kier molecular flexibility index (Phi) is 6.07. The van der Waals surface area contributed by atoms with Crippen LogP contribution in [0, 0.1) is 6.92 Å². The quantitative estimate of drug-likeness (QED) is 0.158. The van der Waals surface area contributed by atoms with E-state index in [1.165, 1.54) is 81.5 Å². The predicted octanol–water partition coefficient (Wildman–Crippen LogP) is 11.2. The Morgan fingerprint density at radius 1 is 0.618 bits per heavy atom. The molecule has 0 radical (unpaired) electrons. The lowest BCUT2D eigenvalue weighted by atomic mass is 9.33. The topological polar surface area (TPSA) is 19.0 Å². The van der Waals surface area contributed by atoms with Crippen molar-refractivity contribution in [2.45, 2.75) is 76.7 Å². The first kappa shape index (κ1) is 31.7. The van der Waals surface area contributed by atoms with E-state index in [0.29, 0.717) is 0 Å². The highest BCUT2D eigenvalue weighted by molar-refractivity contribution is 7.00. The Morgan fingerprint density at radius 3 is 2.09 bits per heavy atom. The van der Waals surface area contributed by atoms with Crippen molar-refractivity contribution in [2.75, 3.05) is 14.7 Å². The molecule has 2 unspecified atom stereocenters. The Hall–Kier alpha value is -5.68. The summed E-state index contributed by atoms with van der Waals surface area (Å²) in [4.78, 5) is 7.81. The van der Waals surface area contributed by atoms with Gasteiger partial charge in [0.2, 0.25) is 0 Å². The maximum Gasteiger partial charge on any atom is 0.252 e. The van der Waals surface area contributed by atoms with E-state index in [1.807, 2.05) is 0 Å². The maximum atomic E-state index is 6.69. The van der Waals surface area contributed by atoms with Gasteiger partial charge >= 0.3 is 0 Å². The molecule has 1 saturated carbocycles. The molecule has 4 aliphatic heterocycles. The first-order chi connectivity index (χ1) is 26.7. The van der Waals surface area contributed by atoms with Crippen LogP contribution in [0.3, 0.4) is 0 Å². The number of benzene rings is 6. The number of nitrogens with zero attached hydrogens (tertiary/aromatic N) is 3. The van der Waals surface area contributed by atoms with Gasteiger partial charge in [0.15, 0.2) is 0 Å². The minimum Gasteiger partial charge on any atom is -0.457 e. The third-order valence-electron chi connectivity index (χ3n) is 14.5. The highest BCUT2D eigenvalue weighted by Crippen LogP contribution is 2.64. The maximum absolute atomic E-state index is 6.69. The molecule has 0 aromatic heterocycles. The second-order valence-corrected chi connectivity index (χ2v) is 17.8. The van der Waals surface area contributed by atoms with E-state index in [1.54, 1.807) is 5.56 Å². The van der Waals surface area contributed by atoms with Gasteiger partial charge in [-0.1, -0.05) is 94.3 Å². The molecule has 2 aliphatic carbocycles. The Balaban J connectivity index is 1.21. The van der Waals surface area contributed by atoms with Gasteiger partial charge in [0.25, 0.3) is 6.71 Å². The van der Waals surface area contributed by atoms with Crippen LogP contribution >= 0.6 is 0 Å². The molecular weight excluding hydrogens is 669 g/mol. The third-order valence-corrected chi connectivity index (χ3v) is 14.5. The number of anilines is 8. The van der Waals surface area contributed by atoms with Crippen LogP contribution in [0.4, 0.5) is 45.5 Å². The molecule has 5 heteroatoms. The van der Waals surface area contributed by atoms with Gasteiger partial charge in [0.1, 0.15) is 11.5 Å². The van der Waals surface area contributed by atoms with Gasteiger partial charge in [-0.05, 0) is 114 Å². The summed E-state index contributed by atoms with van der Waals surface area (Å²) in [6, 6.07) is 42.7. The van der Waals surface area contributed by atoms with E-state index in [-0.39, 0.29) is 23.1 Å². The van der Waals surface area contributed by atoms with E-state index < -0.39 is 0 Å². The molecule has 6 aromatic carbocycles. The zero-order valence-corrected chi connectivity index (χ0v) is 32.3. The Labute approximate surface area is 324 Å². The van der Waals surface area contributed by atoms with Gasteiger partial charge in [-0.3, -0.25) is 0 Å². The van der Waals surface area contributed by atoms with Gasteiger partial charge < -0.3 is 19.4 Å². The number of hydrogen-bond donors (Lipinski definition) is 0. The van der Waals surface area contributed by atoms with Crippen LogP contribution in [-0.2, 0) is 10.8 Å². The fourth-order valence-electron chi connectivity index (χ4n) is 11.8. The number of ether oxygens (including phenoxy) is 1. The molecule has 12 rings (SSSR count). The van der Waals surface area contributed by atoms with E-state index in [4.69, 9.17) is 4.74 Å². The monoisotopic (exact) mass is 713 g/mol. The lowest BCUT2D eigenvalue weighted by molar-refractivity contribution is 0.194. The molecule has 0 spiro atoms. The molecule has 6 aromatic rings. The second-order valence-electron chi connectivity index (χ2n) is 17.8. The number of fused-ring (bicyclic) bond motifs is 16. The number of hydrogen-bond acceptors (Lipinski definition) is 4. The van der Waals surface area contributed by atoms with Crippen molar-refractivity contribution in [3.05, 3.63) is 144 Å². The van der Waals surface area contributed by atoms with E-state index in [2.05, 4.69) is 177 Å². The summed E-state index contributed by atoms with van der Waals surface area (Å²) in [5.74, 6) is 1.65. The minimum absolute atomic E-state index is 0.00578. The standard InChI is InChI=1S/C50H44BN3O/c1-31-27-43-45-47-44(31)49(4)24-9-10-25-50(49,5)54(47)46-38-23-26-48(2,3)39(38)20-22-41(46)51(45)40-21-19-35-30-42(40)53(43)34-16-12-18-37(29-34)55-36-17-11-15-33(28-36)52(35)32-13-7-6-8-14-32/h6-8,11-23,26-30H,9-10,24-25H2,1-5H3. The largest absolute Gasteiger partial charge is 0.457 e. The molecule has 2 atom stereocenters. The Bertz CT molecular complexity index is 2700. The third kappa shape index (κ3) is 3.94. The average Bonchev–Trinajstić information content (AvgIpc) is 3.61. The molecule has 0 amide bonds. The van der Waals surface area contributed by atoms with Gasteiger partial charge in [-0.15, -0.1) is 0 Å². The zero-order valence-electron chi connectivity index (χ0n) is 32.3. The molecular formula is C50H44BN3O. The van der Waals surface area contributed by atoms with Gasteiger partial charge in [0, 0.05) is 74.0 Å². The first-order valence-corrected chi connectivity index (χ1v) is 20.2. The normalized spacial score (nSPS) is 22.6. The zero-order chi connectivity index (χ0) is 37.0. The number of aryl methyl sites for hydroxylation is 1. The minimum atomic E-state index is -0.0362. The van der Waals surface area contributed by atoms with E-state index >= 15 is 0 Å². The second kappa shape index (κ2) is 10.5. The van der Waals surface area contributed by atoms with Crippen LogP contribution in [0.2, 0.25) is 0 Å². The Morgan fingerprint density at radius 2 is 1.31 bits per heavy atom. The first-order valence-electron chi connectivity index (χ1n) is 20.2. The van der Waals surface area contributed by atoms with Crippen molar-refractivity contribution in [3.63, 3.8) is 0 Å². The van der Waals surface area contributed by atoms with Gasteiger partial charge in [-0.25, -0.2) is 0 Å². The van der Waals surface area contributed by atoms with Crippen LogP contribution in [0.5, 0.6) is 11.5 Å². The van der Waals surface area contributed by atoms with Crippen LogP contribution in [0.1, 0.15) is 75.6 Å². The van der Waals surface area contributed by atoms with Crippen LogP contribution in [-0.4, -0.2) is 12.3 Å².